The molecule has 0 saturated carbocycles. The molecular weight excluding hydrogens is 128 g/mol. The summed E-state index contributed by atoms with van der Waals surface area (Å²) in [5.74, 6) is -0.721. The average Bonchev–Trinajstić information content (AvgIpc) is 1.86. The van der Waals surface area contributed by atoms with Gasteiger partial charge in [-0.05, 0) is 25.7 Å². The largest absolute Gasteiger partial charge is 0.365 e. The minimum atomic E-state index is -0.721. The zero-order valence-corrected chi connectivity index (χ0v) is 6.18. The van der Waals surface area contributed by atoms with E-state index in [0.717, 1.165) is 38.5 Å². The highest BCUT2D eigenvalue weighted by Gasteiger charge is 2.37. The molecule has 2 saturated heterocycles. The molecule has 2 aliphatic rings. The molecule has 0 unspecified atom stereocenters. The molecule has 0 aromatic carbocycles. The highest BCUT2D eigenvalue weighted by Crippen LogP contribution is 2.36. The molecule has 10 heavy (non-hydrogen) atoms. The van der Waals surface area contributed by atoms with Gasteiger partial charge in [0.15, 0.2) is 5.79 Å². The number of aliphatic hydroxyl groups is 1. The summed E-state index contributed by atoms with van der Waals surface area (Å²) in [6.07, 6.45) is 6.66. The quantitative estimate of drug-likeness (QED) is 0.554. The monoisotopic (exact) mass is 142 g/mol. The van der Waals surface area contributed by atoms with Gasteiger partial charge in [0, 0.05) is 12.8 Å². The second kappa shape index (κ2) is 2.21. The Balaban J connectivity index is 2.07. The van der Waals surface area contributed by atoms with E-state index in [2.05, 4.69) is 0 Å². The lowest BCUT2D eigenvalue weighted by atomic mass is 9.89. The summed E-state index contributed by atoms with van der Waals surface area (Å²) in [5, 5.41) is 9.68. The third kappa shape index (κ3) is 1.06. The molecule has 58 valence electrons. The first-order valence-electron chi connectivity index (χ1n) is 4.19. The van der Waals surface area contributed by atoms with Gasteiger partial charge < -0.3 is 9.84 Å². The molecule has 0 aromatic rings. The van der Waals surface area contributed by atoms with E-state index in [1.807, 2.05) is 0 Å². The van der Waals surface area contributed by atoms with Crippen molar-refractivity contribution < 1.29 is 9.84 Å². The lowest BCUT2D eigenvalue weighted by molar-refractivity contribution is -0.275. The summed E-state index contributed by atoms with van der Waals surface area (Å²) >= 11 is 0. The van der Waals surface area contributed by atoms with Crippen LogP contribution in [0.2, 0.25) is 0 Å². The number of rotatable bonds is 0. The van der Waals surface area contributed by atoms with Crippen molar-refractivity contribution in [2.45, 2.75) is 50.4 Å². The van der Waals surface area contributed by atoms with E-state index in [1.165, 1.54) is 0 Å². The van der Waals surface area contributed by atoms with Crippen LogP contribution in [0.25, 0.3) is 0 Å². The smallest absolute Gasteiger partial charge is 0.165 e. The average molecular weight is 142 g/mol. The second-order valence-corrected chi connectivity index (χ2v) is 3.47. The van der Waals surface area contributed by atoms with E-state index in [4.69, 9.17) is 4.74 Å². The van der Waals surface area contributed by atoms with Crippen LogP contribution in [0.4, 0.5) is 0 Å². The van der Waals surface area contributed by atoms with Gasteiger partial charge in [0.05, 0.1) is 6.10 Å². The maximum Gasteiger partial charge on any atom is 0.165 e. The summed E-state index contributed by atoms with van der Waals surface area (Å²) in [5.41, 5.74) is 0. The fourth-order valence-electron chi connectivity index (χ4n) is 2.03. The Morgan fingerprint density at radius 3 is 2.20 bits per heavy atom. The molecule has 0 radical (unpaired) electrons. The van der Waals surface area contributed by atoms with Crippen LogP contribution in [0.5, 0.6) is 0 Å². The van der Waals surface area contributed by atoms with Crippen LogP contribution in [-0.2, 0) is 4.74 Å². The van der Waals surface area contributed by atoms with Crippen LogP contribution in [0.3, 0.4) is 0 Å². The van der Waals surface area contributed by atoms with Crippen LogP contribution in [0, 0.1) is 0 Å². The maximum atomic E-state index is 9.68. The molecule has 2 heterocycles. The number of ether oxygens (including phenoxy) is 1. The van der Waals surface area contributed by atoms with Gasteiger partial charge in [0.25, 0.3) is 0 Å². The number of hydrogen-bond donors (Lipinski definition) is 1. The minimum absolute atomic E-state index is 0.368. The normalized spacial score (nSPS) is 47.1. The fraction of sp³-hybridized carbons (Fsp3) is 1.00. The summed E-state index contributed by atoms with van der Waals surface area (Å²) in [6.45, 7) is 0. The topological polar surface area (TPSA) is 29.5 Å². The van der Waals surface area contributed by atoms with E-state index >= 15 is 0 Å². The first kappa shape index (κ1) is 6.62. The van der Waals surface area contributed by atoms with E-state index in [1.54, 1.807) is 0 Å². The molecule has 2 fully saturated rings. The molecule has 0 amide bonds. The molecule has 0 atom stereocenters. The van der Waals surface area contributed by atoms with E-state index in [9.17, 15) is 5.11 Å². The van der Waals surface area contributed by atoms with Crippen LogP contribution in [0.15, 0.2) is 0 Å². The summed E-state index contributed by atoms with van der Waals surface area (Å²) in [4.78, 5) is 0. The van der Waals surface area contributed by atoms with Gasteiger partial charge in [-0.3, -0.25) is 0 Å². The van der Waals surface area contributed by atoms with E-state index in [-0.39, 0.29) is 0 Å². The predicted molar refractivity (Wildman–Crippen MR) is 37.5 cm³/mol. The highest BCUT2D eigenvalue weighted by atomic mass is 16.6. The summed E-state index contributed by atoms with van der Waals surface area (Å²) < 4.78 is 5.47. The van der Waals surface area contributed by atoms with Gasteiger partial charge in [-0.15, -0.1) is 0 Å². The third-order valence-electron chi connectivity index (χ3n) is 2.57. The summed E-state index contributed by atoms with van der Waals surface area (Å²) in [7, 11) is 0. The van der Waals surface area contributed by atoms with E-state index < -0.39 is 5.79 Å². The van der Waals surface area contributed by atoms with Gasteiger partial charge >= 0.3 is 0 Å². The zero-order valence-electron chi connectivity index (χ0n) is 6.18. The molecule has 1 N–H and O–H groups in total. The van der Waals surface area contributed by atoms with Gasteiger partial charge in [-0.2, -0.15) is 0 Å². The maximum absolute atomic E-state index is 9.68. The Hall–Kier alpha value is -0.0800. The Bertz CT molecular complexity index is 123. The molecule has 0 aliphatic carbocycles. The Labute approximate surface area is 61.2 Å². The molecule has 0 spiro atoms. The number of hydrogen-bond acceptors (Lipinski definition) is 2. The lowest BCUT2D eigenvalue weighted by Gasteiger charge is -2.41. The summed E-state index contributed by atoms with van der Waals surface area (Å²) in [6, 6.07) is 0. The van der Waals surface area contributed by atoms with Crippen molar-refractivity contribution >= 4 is 0 Å². The van der Waals surface area contributed by atoms with Gasteiger partial charge in [0.1, 0.15) is 0 Å². The molecule has 0 aromatic heterocycles. The van der Waals surface area contributed by atoms with Gasteiger partial charge in [-0.1, -0.05) is 0 Å². The van der Waals surface area contributed by atoms with Crippen molar-refractivity contribution in [2.75, 3.05) is 0 Å². The Morgan fingerprint density at radius 2 is 1.80 bits per heavy atom. The molecule has 2 bridgehead atoms. The van der Waals surface area contributed by atoms with Crippen LogP contribution in [0.1, 0.15) is 38.5 Å². The SMILES string of the molecule is OC12CCCC(CCC1)O2. The van der Waals surface area contributed by atoms with Crippen molar-refractivity contribution in [1.29, 1.82) is 0 Å². The lowest BCUT2D eigenvalue weighted by Crippen LogP contribution is -2.43. The second-order valence-electron chi connectivity index (χ2n) is 3.47. The first-order valence-corrected chi connectivity index (χ1v) is 4.19. The van der Waals surface area contributed by atoms with Crippen molar-refractivity contribution in [3.8, 4) is 0 Å². The third-order valence-corrected chi connectivity index (χ3v) is 2.57. The molecular formula is C8H14O2. The minimum Gasteiger partial charge on any atom is -0.365 e. The van der Waals surface area contributed by atoms with Crippen molar-refractivity contribution in [3.63, 3.8) is 0 Å². The predicted octanol–water partition coefficient (Wildman–Crippen LogP) is 1.43. The molecule has 2 heteroatoms. The number of fused-ring (bicyclic) bond motifs is 2. The first-order chi connectivity index (χ1) is 4.79. The van der Waals surface area contributed by atoms with Crippen molar-refractivity contribution in [1.82, 2.24) is 0 Å². The molecule has 2 aliphatic heterocycles. The fourth-order valence-corrected chi connectivity index (χ4v) is 2.03. The highest BCUT2D eigenvalue weighted by molar-refractivity contribution is 4.81. The van der Waals surface area contributed by atoms with Crippen molar-refractivity contribution in [3.05, 3.63) is 0 Å². The molecule has 2 rings (SSSR count). The van der Waals surface area contributed by atoms with Gasteiger partial charge in [0.2, 0.25) is 0 Å². The van der Waals surface area contributed by atoms with Gasteiger partial charge in [-0.25, -0.2) is 0 Å². The van der Waals surface area contributed by atoms with Crippen LogP contribution in [-0.4, -0.2) is 17.0 Å². The Morgan fingerprint density at radius 1 is 1.20 bits per heavy atom. The zero-order chi connectivity index (χ0) is 7.03. The van der Waals surface area contributed by atoms with E-state index in [0.29, 0.717) is 6.10 Å². The Kier molecular flexibility index (Phi) is 1.46. The van der Waals surface area contributed by atoms with Crippen LogP contribution < -0.4 is 0 Å². The molecule has 2 nitrogen and oxygen atoms in total. The standard InChI is InChI=1S/C8H14O2/c9-8-5-1-3-7(10-8)4-2-6-8/h7,9H,1-6H2. The van der Waals surface area contributed by atoms with Crippen LogP contribution >= 0.6 is 0 Å². The van der Waals surface area contributed by atoms with Crippen molar-refractivity contribution in [2.24, 2.45) is 0 Å².